The van der Waals surface area contributed by atoms with Crippen LogP contribution in [0.5, 0.6) is 0 Å². The molecule has 2 rings (SSSR count). The zero-order chi connectivity index (χ0) is 16.3. The van der Waals surface area contributed by atoms with Crippen molar-refractivity contribution in [3.63, 3.8) is 0 Å². The number of sulfone groups is 1. The molecule has 1 aromatic heterocycles. The molecule has 1 N–H and O–H groups in total. The summed E-state index contributed by atoms with van der Waals surface area (Å²) in [6.07, 6.45) is 4.92. The molecule has 0 radical (unpaired) electrons. The van der Waals surface area contributed by atoms with Gasteiger partial charge < -0.3 is 5.32 Å². The smallest absolute Gasteiger partial charge is 0.256 e. The van der Waals surface area contributed by atoms with Crippen LogP contribution in [-0.2, 0) is 16.3 Å². The number of rotatable bonds is 4. The normalized spacial score (nSPS) is 11.2. The molecular formula is C15H15ClN2O3S. The van der Waals surface area contributed by atoms with Crippen molar-refractivity contribution < 1.29 is 13.2 Å². The highest BCUT2D eigenvalue weighted by molar-refractivity contribution is 7.90. The molecule has 1 amide bonds. The van der Waals surface area contributed by atoms with Gasteiger partial charge in [0.1, 0.15) is 0 Å². The molecule has 1 aromatic carbocycles. The van der Waals surface area contributed by atoms with Crippen LogP contribution in [-0.4, -0.2) is 25.6 Å². The molecule has 0 spiro atoms. The first-order valence-electron chi connectivity index (χ1n) is 6.56. The second-order valence-corrected chi connectivity index (χ2v) is 7.18. The molecule has 0 bridgehead atoms. The van der Waals surface area contributed by atoms with Crippen LogP contribution < -0.4 is 5.32 Å². The van der Waals surface area contributed by atoms with Crippen molar-refractivity contribution in [3.05, 3.63) is 52.8 Å². The van der Waals surface area contributed by atoms with Gasteiger partial charge in [-0.1, -0.05) is 18.5 Å². The van der Waals surface area contributed by atoms with Crippen molar-refractivity contribution in [1.29, 1.82) is 0 Å². The van der Waals surface area contributed by atoms with Crippen LogP contribution >= 0.6 is 11.6 Å². The Labute approximate surface area is 134 Å². The first kappa shape index (κ1) is 16.5. The predicted molar refractivity (Wildman–Crippen MR) is 86.1 cm³/mol. The van der Waals surface area contributed by atoms with Crippen LogP contribution in [0, 0.1) is 0 Å². The largest absolute Gasteiger partial charge is 0.321 e. The van der Waals surface area contributed by atoms with Crippen LogP contribution in [0.1, 0.15) is 22.8 Å². The molecule has 0 unspecified atom stereocenters. The van der Waals surface area contributed by atoms with Crippen molar-refractivity contribution in [1.82, 2.24) is 4.98 Å². The molecule has 7 heteroatoms. The summed E-state index contributed by atoms with van der Waals surface area (Å²) >= 11 is 6.03. The molecule has 0 saturated heterocycles. The number of nitrogens with zero attached hydrogens (tertiary/aromatic N) is 1. The van der Waals surface area contributed by atoms with Crippen LogP contribution in [0.15, 0.2) is 41.6 Å². The minimum Gasteiger partial charge on any atom is -0.321 e. The topological polar surface area (TPSA) is 76.1 Å². The minimum atomic E-state index is -3.38. The Morgan fingerprint density at radius 3 is 2.68 bits per heavy atom. The Morgan fingerprint density at radius 1 is 1.32 bits per heavy atom. The molecule has 5 nitrogen and oxygen atoms in total. The van der Waals surface area contributed by atoms with Gasteiger partial charge in [0.05, 0.1) is 15.6 Å². The van der Waals surface area contributed by atoms with E-state index < -0.39 is 9.84 Å². The molecule has 2 aromatic rings. The van der Waals surface area contributed by atoms with Gasteiger partial charge in [0.25, 0.3) is 5.91 Å². The van der Waals surface area contributed by atoms with E-state index in [1.807, 2.05) is 6.92 Å². The first-order valence-corrected chi connectivity index (χ1v) is 8.83. The van der Waals surface area contributed by atoms with E-state index >= 15 is 0 Å². The monoisotopic (exact) mass is 338 g/mol. The number of benzene rings is 1. The van der Waals surface area contributed by atoms with Crippen LogP contribution in [0.3, 0.4) is 0 Å². The molecule has 1 heterocycles. The van der Waals surface area contributed by atoms with Crippen molar-refractivity contribution >= 4 is 33.0 Å². The minimum absolute atomic E-state index is 0.0950. The molecule has 0 atom stereocenters. The number of aromatic nitrogens is 1. The zero-order valence-corrected chi connectivity index (χ0v) is 13.7. The van der Waals surface area contributed by atoms with Gasteiger partial charge in [-0.2, -0.15) is 0 Å². The summed E-state index contributed by atoms with van der Waals surface area (Å²) in [5.41, 5.74) is 1.54. The van der Waals surface area contributed by atoms with Crippen molar-refractivity contribution in [2.24, 2.45) is 0 Å². The van der Waals surface area contributed by atoms with E-state index in [2.05, 4.69) is 10.3 Å². The number of carbonyl (C=O) groups excluding carboxylic acids is 1. The number of halogens is 1. The van der Waals surface area contributed by atoms with E-state index in [0.29, 0.717) is 12.0 Å². The number of anilines is 1. The van der Waals surface area contributed by atoms with Gasteiger partial charge in [0.2, 0.25) is 0 Å². The Bertz CT molecular complexity index is 819. The van der Waals surface area contributed by atoms with Gasteiger partial charge >= 0.3 is 0 Å². The summed E-state index contributed by atoms with van der Waals surface area (Å²) in [6.45, 7) is 1.92. The van der Waals surface area contributed by atoms with Gasteiger partial charge in [0, 0.05) is 24.2 Å². The maximum absolute atomic E-state index is 12.4. The summed E-state index contributed by atoms with van der Waals surface area (Å²) in [7, 11) is -3.38. The van der Waals surface area contributed by atoms with Gasteiger partial charge in [0.15, 0.2) is 9.84 Å². The second-order valence-electron chi connectivity index (χ2n) is 4.75. The number of nitrogens with one attached hydrogen (secondary N) is 1. The molecule has 0 aliphatic rings. The Morgan fingerprint density at radius 2 is 2.05 bits per heavy atom. The third kappa shape index (κ3) is 3.64. The van der Waals surface area contributed by atoms with E-state index in [9.17, 15) is 13.2 Å². The fourth-order valence-electron chi connectivity index (χ4n) is 1.95. The maximum atomic E-state index is 12.4. The summed E-state index contributed by atoms with van der Waals surface area (Å²) in [5, 5.41) is 2.92. The third-order valence-corrected chi connectivity index (χ3v) is 4.58. The predicted octanol–water partition coefficient (Wildman–Crippen LogP) is 2.95. The average molecular weight is 339 g/mol. The zero-order valence-electron chi connectivity index (χ0n) is 12.1. The Balaban J connectivity index is 2.36. The van der Waals surface area contributed by atoms with Crippen LogP contribution in [0.2, 0.25) is 5.02 Å². The molecule has 0 fully saturated rings. The maximum Gasteiger partial charge on any atom is 0.256 e. The third-order valence-electron chi connectivity index (χ3n) is 3.14. The number of carbonyl (C=O) groups is 1. The number of pyridine rings is 1. The highest BCUT2D eigenvalue weighted by atomic mass is 35.5. The molecule has 22 heavy (non-hydrogen) atoms. The van der Waals surface area contributed by atoms with E-state index in [-0.39, 0.29) is 21.5 Å². The fraction of sp³-hybridized carbons (Fsp3) is 0.200. The highest BCUT2D eigenvalue weighted by Gasteiger charge is 2.15. The molecule has 0 aliphatic carbocycles. The number of hydrogen-bond acceptors (Lipinski definition) is 4. The number of hydrogen-bond donors (Lipinski definition) is 1. The number of aryl methyl sites for hydroxylation is 1. The summed E-state index contributed by atoms with van der Waals surface area (Å²) in [5.74, 6) is -0.355. The van der Waals surface area contributed by atoms with Crippen molar-refractivity contribution in [3.8, 4) is 0 Å². The van der Waals surface area contributed by atoms with Crippen molar-refractivity contribution in [2.45, 2.75) is 18.2 Å². The standard InChI is InChI=1S/C15H15ClN2O3S/c1-3-10-9-17-7-6-12(10)15(19)18-14-8-11(22(2,20)21)4-5-13(14)16/h4-9H,3H2,1-2H3,(H,18,19). The molecular weight excluding hydrogens is 324 g/mol. The second kappa shape index (κ2) is 6.46. The van der Waals surface area contributed by atoms with E-state index in [1.54, 1.807) is 12.3 Å². The van der Waals surface area contributed by atoms with E-state index in [0.717, 1.165) is 11.8 Å². The summed E-state index contributed by atoms with van der Waals surface area (Å²) in [4.78, 5) is 16.4. The quantitative estimate of drug-likeness (QED) is 0.929. The van der Waals surface area contributed by atoms with Crippen LogP contribution in [0.25, 0.3) is 0 Å². The number of amides is 1. The van der Waals surface area contributed by atoms with E-state index in [1.165, 1.54) is 24.4 Å². The fourth-order valence-corrected chi connectivity index (χ4v) is 2.76. The van der Waals surface area contributed by atoms with E-state index in [4.69, 9.17) is 11.6 Å². The average Bonchev–Trinajstić information content (AvgIpc) is 2.48. The SMILES string of the molecule is CCc1cnccc1C(=O)Nc1cc(S(C)(=O)=O)ccc1Cl. The summed E-state index contributed by atoms with van der Waals surface area (Å²) in [6, 6.07) is 5.81. The highest BCUT2D eigenvalue weighted by Crippen LogP contribution is 2.26. The lowest BCUT2D eigenvalue weighted by atomic mass is 10.1. The lowest BCUT2D eigenvalue weighted by Crippen LogP contribution is -2.15. The van der Waals surface area contributed by atoms with Crippen molar-refractivity contribution in [2.75, 3.05) is 11.6 Å². The first-order chi connectivity index (χ1) is 10.3. The lowest BCUT2D eigenvalue weighted by molar-refractivity contribution is 0.102. The van der Waals surface area contributed by atoms with Gasteiger partial charge in [-0.25, -0.2) is 8.42 Å². The van der Waals surface area contributed by atoms with Gasteiger partial charge in [-0.3, -0.25) is 9.78 Å². The molecule has 116 valence electrons. The lowest BCUT2D eigenvalue weighted by Gasteiger charge is -2.11. The summed E-state index contributed by atoms with van der Waals surface area (Å²) < 4.78 is 23.2. The van der Waals surface area contributed by atoms with Gasteiger partial charge in [-0.05, 0) is 36.2 Å². The Kier molecular flexibility index (Phi) is 4.83. The van der Waals surface area contributed by atoms with Crippen LogP contribution in [0.4, 0.5) is 5.69 Å². The molecule has 0 saturated carbocycles. The van der Waals surface area contributed by atoms with Gasteiger partial charge in [-0.15, -0.1) is 0 Å². The molecule has 0 aliphatic heterocycles. The Hall–Kier alpha value is -1.92.